The Morgan fingerprint density at radius 2 is 0.744 bits per heavy atom. The van der Waals surface area contributed by atoms with Crippen molar-refractivity contribution >= 4 is 0 Å². The summed E-state index contributed by atoms with van der Waals surface area (Å²) in [4.78, 5) is 0. The van der Waals surface area contributed by atoms with Crippen molar-refractivity contribution in [1.82, 2.24) is 0 Å². The molecule has 21 saturated carbocycles. The highest BCUT2D eigenvalue weighted by atomic mass is 14.6. The first-order valence-corrected chi connectivity index (χ1v) is 40.9. The zero-order valence-corrected chi connectivity index (χ0v) is 61.5. The highest BCUT2D eigenvalue weighted by molar-refractivity contribution is 5.01. The van der Waals surface area contributed by atoms with Crippen molar-refractivity contribution in [3.63, 3.8) is 0 Å². The van der Waals surface area contributed by atoms with Crippen LogP contribution in [0, 0.1) is 139 Å². The second-order valence-corrected chi connectivity index (χ2v) is 39.6. The van der Waals surface area contributed by atoms with E-state index in [1.54, 1.807) is 96.3 Å². The molecule has 21 fully saturated rings. The van der Waals surface area contributed by atoms with Gasteiger partial charge in [0.05, 0.1) is 0 Å². The maximum Gasteiger partial charge on any atom is -0.0292 e. The Kier molecular flexibility index (Phi) is 25.0. The van der Waals surface area contributed by atoms with E-state index in [1.165, 1.54) is 205 Å². The molecule has 21 aliphatic carbocycles. The third kappa shape index (κ3) is 18.3. The van der Waals surface area contributed by atoms with Gasteiger partial charge < -0.3 is 0 Å². The van der Waals surface area contributed by atoms with Crippen LogP contribution in [0.5, 0.6) is 0 Å². The lowest BCUT2D eigenvalue weighted by molar-refractivity contribution is -0.0545. The fourth-order valence-corrected chi connectivity index (χ4v) is 24.8. The minimum Gasteiger partial charge on any atom is -0.0649 e. The van der Waals surface area contributed by atoms with Gasteiger partial charge in [0.1, 0.15) is 0 Å². The molecule has 1 unspecified atom stereocenters. The van der Waals surface area contributed by atoms with E-state index < -0.39 is 0 Å². The van der Waals surface area contributed by atoms with Crippen LogP contribution in [-0.4, -0.2) is 0 Å². The smallest absolute Gasteiger partial charge is 0.0292 e. The first-order valence-electron chi connectivity index (χ1n) is 40.9. The second kappa shape index (κ2) is 30.6. The maximum absolute atomic E-state index is 2.49. The van der Waals surface area contributed by atoms with Crippen LogP contribution in [0.25, 0.3) is 0 Å². The lowest BCUT2D eigenvalue weighted by Gasteiger charge is -2.56. The molecule has 0 aliphatic heterocycles. The van der Waals surface area contributed by atoms with E-state index in [2.05, 4.69) is 104 Å². The lowest BCUT2D eigenvalue weighted by atomic mass is 9.49. The first-order chi connectivity index (χ1) is 40.9. The first kappa shape index (κ1) is 70.3. The van der Waals surface area contributed by atoms with Gasteiger partial charge in [0.15, 0.2) is 0 Å². The van der Waals surface area contributed by atoms with E-state index in [4.69, 9.17) is 0 Å². The molecule has 86 heavy (non-hydrogen) atoms. The molecule has 0 aromatic rings. The molecule has 0 radical (unpaired) electrons. The SMILES string of the molecule is CC1C2CCC(CC2)[C@H]1C.CC1CCC2(CC1)CCC(C)(C)CC2.CC1CCC2(CCCCC2)CC1.CCC1(C)CCCC1.CCC12CC3CC(CC(C3)C1)C2.C[C@@H]1C2CCC(CC2)C1(C)C.C[C@H]1CC2CCC1(C)CC2.C[C@H]1CC2CCC1CC2. The normalized spacial score (nSPS) is 44.1. The van der Waals surface area contributed by atoms with Crippen molar-refractivity contribution in [1.29, 1.82) is 0 Å². The molecule has 21 aliphatic rings. The van der Waals surface area contributed by atoms with Gasteiger partial charge in [-0.1, -0.05) is 187 Å². The summed E-state index contributed by atoms with van der Waals surface area (Å²) in [5, 5.41) is 0. The highest BCUT2D eigenvalue weighted by Crippen LogP contribution is 2.62. The van der Waals surface area contributed by atoms with Crippen molar-refractivity contribution in [2.45, 2.75) is 406 Å². The molecule has 21 rings (SSSR count). The van der Waals surface area contributed by atoms with E-state index in [0.29, 0.717) is 10.8 Å². The molecule has 5 atom stereocenters. The molecular formula is C86H156. The zero-order valence-electron chi connectivity index (χ0n) is 61.5. The fourth-order valence-electron chi connectivity index (χ4n) is 24.8. The number of hydrogen-bond donors (Lipinski definition) is 0. The Morgan fingerprint density at radius 1 is 0.326 bits per heavy atom. The summed E-state index contributed by atoms with van der Waals surface area (Å²) in [6, 6.07) is 0. The fraction of sp³-hybridized carbons (Fsp3) is 1.00. The van der Waals surface area contributed by atoms with Crippen LogP contribution in [-0.2, 0) is 0 Å². The topological polar surface area (TPSA) is 0 Å². The zero-order chi connectivity index (χ0) is 61.5. The monoisotopic (exact) mass is 1190 g/mol. The number of hydrogen-bond acceptors (Lipinski definition) is 0. The van der Waals surface area contributed by atoms with Gasteiger partial charge in [0.2, 0.25) is 0 Å². The van der Waals surface area contributed by atoms with Gasteiger partial charge in [0, 0.05) is 0 Å². The predicted molar refractivity (Wildman–Crippen MR) is 378 cm³/mol. The molecule has 0 heterocycles. The molecule has 0 nitrogen and oxygen atoms in total. The van der Waals surface area contributed by atoms with Crippen LogP contribution in [0.4, 0.5) is 0 Å². The van der Waals surface area contributed by atoms with Gasteiger partial charge in [-0.05, 0) is 357 Å². The van der Waals surface area contributed by atoms with Gasteiger partial charge in [-0.3, -0.25) is 0 Å². The van der Waals surface area contributed by atoms with E-state index in [0.717, 1.165) is 128 Å². The minimum absolute atomic E-state index is 0.647. The standard InChI is InChI=1S/C14H26.C12H20.C12H22.C11H20.2C10H18.C9H16.C8H16/c1-12-4-6-14(7-5-12)10-8-13(2,3)9-11-14;1-2-12-6-9-3-10(7-12)5-11(4-9)8-12;1-11-5-9-12(10-6-11)7-3-2-4-8-12;1-8-9-4-6-10(7-5-9)11(8,2)3;1-8-7-9-3-5-10(8,2)6-4-9;1-7-8(2)10-5-3-9(7)4-6-10;1-7-6-8-2-4-9(7)5-3-8;1-3-8(2)6-4-5-7-8/h12H,4-11H2,1-3H3;9-11H,2-8H2,1H3;11H,2-10H2,1H3;8-10H,4-7H2,1-3H3;8-9H,3-7H2,1-2H3;7-10H,3-6H2,1-2H3;7-9H,2-6H2,1H3;3-7H2,1-2H3/t;;;2*8-,9?,10?;7-,8?,9?,10?;7-,8?,9?;/m...1000./s1. The molecule has 500 valence electrons. The quantitative estimate of drug-likeness (QED) is 0.259. The van der Waals surface area contributed by atoms with Crippen LogP contribution in [0.15, 0.2) is 0 Å². The predicted octanol–water partition coefficient (Wildman–Crippen LogP) is 28.1. The Labute approximate surface area is 541 Å². The van der Waals surface area contributed by atoms with Gasteiger partial charge >= 0.3 is 0 Å². The minimum atomic E-state index is 0.647. The van der Waals surface area contributed by atoms with Crippen molar-refractivity contribution in [2.24, 2.45) is 139 Å². The molecule has 2 spiro atoms. The summed E-state index contributed by atoms with van der Waals surface area (Å²) >= 11 is 0. The maximum atomic E-state index is 2.49. The lowest BCUT2D eigenvalue weighted by Crippen LogP contribution is -2.45. The molecule has 0 saturated heterocycles. The molecular weight excluding hydrogens is 1030 g/mol. The third-order valence-electron chi connectivity index (χ3n) is 33.2. The molecule has 0 aromatic heterocycles. The summed E-state index contributed by atoms with van der Waals surface area (Å²) in [6.07, 6.45) is 71.7. The number of fused-ring (bicyclic) bond motifs is 12. The molecule has 0 amide bonds. The highest BCUT2D eigenvalue weighted by Gasteiger charge is 2.50. The van der Waals surface area contributed by atoms with E-state index >= 15 is 0 Å². The van der Waals surface area contributed by atoms with Gasteiger partial charge in [-0.25, -0.2) is 0 Å². The van der Waals surface area contributed by atoms with Crippen LogP contribution < -0.4 is 0 Å². The van der Waals surface area contributed by atoms with E-state index in [-0.39, 0.29) is 0 Å². The van der Waals surface area contributed by atoms with E-state index in [1.807, 2.05) is 0 Å². The van der Waals surface area contributed by atoms with Crippen molar-refractivity contribution in [3.8, 4) is 0 Å². The van der Waals surface area contributed by atoms with Gasteiger partial charge in [0.25, 0.3) is 0 Å². The van der Waals surface area contributed by atoms with Crippen molar-refractivity contribution < 1.29 is 0 Å². The van der Waals surface area contributed by atoms with Crippen LogP contribution >= 0.6 is 0 Å². The Hall–Kier alpha value is 0. The van der Waals surface area contributed by atoms with Crippen molar-refractivity contribution in [2.75, 3.05) is 0 Å². The summed E-state index contributed by atoms with van der Waals surface area (Å²) in [7, 11) is 0. The van der Waals surface area contributed by atoms with Gasteiger partial charge in [-0.2, -0.15) is 0 Å². The Balaban J connectivity index is 0.000000118. The third-order valence-corrected chi connectivity index (χ3v) is 33.2. The Bertz CT molecular complexity index is 1840. The summed E-state index contributed by atoms with van der Waals surface area (Å²) in [6.45, 7) is 36.6. The Morgan fingerprint density at radius 3 is 1.06 bits per heavy atom. The number of rotatable bonds is 2. The summed E-state index contributed by atoms with van der Waals surface area (Å²) in [5.74, 6) is 18.3. The second-order valence-electron chi connectivity index (χ2n) is 39.6. The summed E-state index contributed by atoms with van der Waals surface area (Å²) in [5.41, 5.74) is 5.26. The largest absolute Gasteiger partial charge is 0.0649 e. The molecule has 0 heteroatoms. The van der Waals surface area contributed by atoms with Gasteiger partial charge in [-0.15, -0.1) is 0 Å². The molecule has 12 bridgehead atoms. The van der Waals surface area contributed by atoms with Crippen LogP contribution in [0.3, 0.4) is 0 Å². The summed E-state index contributed by atoms with van der Waals surface area (Å²) < 4.78 is 0. The van der Waals surface area contributed by atoms with Crippen molar-refractivity contribution in [3.05, 3.63) is 0 Å². The average molecular weight is 1190 g/mol. The van der Waals surface area contributed by atoms with Crippen LogP contribution in [0.2, 0.25) is 0 Å². The molecule has 0 N–H and O–H groups in total. The van der Waals surface area contributed by atoms with Crippen LogP contribution in [0.1, 0.15) is 406 Å². The molecule has 0 aromatic carbocycles. The van der Waals surface area contributed by atoms with E-state index in [9.17, 15) is 0 Å². The average Bonchev–Trinajstić information content (AvgIpc) is 1.14.